The van der Waals surface area contributed by atoms with Crippen LogP contribution in [0.15, 0.2) is 84.0 Å². The maximum absolute atomic E-state index is 12.3. The number of para-hydroxylation sites is 1. The van der Waals surface area contributed by atoms with E-state index in [1.807, 2.05) is 66.7 Å². The van der Waals surface area contributed by atoms with Crippen LogP contribution in [0.3, 0.4) is 0 Å². The van der Waals surface area contributed by atoms with Gasteiger partial charge in [-0.25, -0.2) is 5.43 Å². The second-order valence-electron chi connectivity index (χ2n) is 7.96. The number of nitrogens with one attached hydrogen (secondary N) is 1. The Bertz CT molecular complexity index is 1070. The first-order chi connectivity index (χ1) is 16.1. The molecular weight excluding hydrogens is 436 g/mol. The van der Waals surface area contributed by atoms with E-state index in [0.717, 1.165) is 49.1 Å². The lowest BCUT2D eigenvalue weighted by atomic mass is 10.2. The molecule has 1 saturated heterocycles. The van der Waals surface area contributed by atoms with Gasteiger partial charge in [0.05, 0.1) is 12.8 Å². The number of carbonyl (C=O) groups excluding carboxylic acids is 1. The Morgan fingerprint density at radius 3 is 2.36 bits per heavy atom. The fourth-order valence-electron chi connectivity index (χ4n) is 3.65. The van der Waals surface area contributed by atoms with E-state index < -0.39 is 0 Å². The second-order valence-corrected chi connectivity index (χ2v) is 8.40. The average Bonchev–Trinajstić information content (AvgIpc) is 2.83. The minimum absolute atomic E-state index is 0.117. The molecule has 0 radical (unpaired) electrons. The maximum Gasteiger partial charge on any atom is 0.254 e. The highest BCUT2D eigenvalue weighted by Crippen LogP contribution is 2.21. The summed E-state index contributed by atoms with van der Waals surface area (Å²) in [5, 5.41) is 4.86. The van der Waals surface area contributed by atoms with Gasteiger partial charge in [0, 0.05) is 37.7 Å². The summed E-state index contributed by atoms with van der Waals surface area (Å²) in [6.45, 7) is 4.78. The van der Waals surface area contributed by atoms with Crippen LogP contribution in [-0.4, -0.2) is 54.6 Å². The lowest BCUT2D eigenvalue weighted by Crippen LogP contribution is -2.48. The van der Waals surface area contributed by atoms with Gasteiger partial charge in [0.25, 0.3) is 5.91 Å². The lowest BCUT2D eigenvalue weighted by molar-refractivity contribution is -0.122. The van der Waals surface area contributed by atoms with Crippen molar-refractivity contribution in [2.75, 3.05) is 32.7 Å². The Labute approximate surface area is 199 Å². The SMILES string of the molecule is O=C(CN1CCN(Cc2ccc(Cl)cc2)CC1)NN=Cc1cccc(Oc2ccccc2)c1. The van der Waals surface area contributed by atoms with Crippen LogP contribution in [0, 0.1) is 0 Å². The van der Waals surface area contributed by atoms with Gasteiger partial charge in [0.1, 0.15) is 11.5 Å². The zero-order valence-electron chi connectivity index (χ0n) is 18.4. The largest absolute Gasteiger partial charge is 0.457 e. The second kappa shape index (κ2) is 11.6. The molecule has 3 aromatic carbocycles. The van der Waals surface area contributed by atoms with E-state index >= 15 is 0 Å². The van der Waals surface area contributed by atoms with Gasteiger partial charge in [-0.2, -0.15) is 5.10 Å². The number of ether oxygens (including phenoxy) is 1. The molecule has 3 aromatic rings. The Balaban J connectivity index is 1.19. The van der Waals surface area contributed by atoms with Gasteiger partial charge in [-0.1, -0.05) is 54.1 Å². The van der Waals surface area contributed by atoms with Crippen molar-refractivity contribution in [2.45, 2.75) is 6.54 Å². The van der Waals surface area contributed by atoms with Crippen molar-refractivity contribution in [1.29, 1.82) is 0 Å². The first-order valence-electron chi connectivity index (χ1n) is 11.0. The van der Waals surface area contributed by atoms with E-state index in [-0.39, 0.29) is 5.91 Å². The monoisotopic (exact) mass is 462 g/mol. The average molecular weight is 463 g/mol. The minimum atomic E-state index is -0.117. The highest BCUT2D eigenvalue weighted by atomic mass is 35.5. The summed E-state index contributed by atoms with van der Waals surface area (Å²) in [5.74, 6) is 1.37. The van der Waals surface area contributed by atoms with Crippen LogP contribution in [0.1, 0.15) is 11.1 Å². The number of hydrazone groups is 1. The molecule has 1 heterocycles. The van der Waals surface area contributed by atoms with E-state index in [1.165, 1.54) is 5.56 Å². The number of benzene rings is 3. The Morgan fingerprint density at radius 2 is 1.61 bits per heavy atom. The van der Waals surface area contributed by atoms with Gasteiger partial charge >= 0.3 is 0 Å². The first-order valence-corrected chi connectivity index (χ1v) is 11.4. The summed E-state index contributed by atoms with van der Waals surface area (Å²) >= 11 is 5.96. The topological polar surface area (TPSA) is 57.2 Å². The molecule has 0 unspecified atom stereocenters. The van der Waals surface area contributed by atoms with Gasteiger partial charge in [-0.15, -0.1) is 0 Å². The first kappa shape index (κ1) is 23.0. The fourth-order valence-corrected chi connectivity index (χ4v) is 3.78. The molecule has 1 N–H and O–H groups in total. The van der Waals surface area contributed by atoms with Gasteiger partial charge < -0.3 is 4.74 Å². The third-order valence-corrected chi connectivity index (χ3v) is 5.64. The van der Waals surface area contributed by atoms with Crippen molar-refractivity contribution < 1.29 is 9.53 Å². The number of amides is 1. The van der Waals surface area contributed by atoms with Crippen LogP contribution >= 0.6 is 11.6 Å². The predicted octanol–water partition coefficient (Wildman–Crippen LogP) is 4.40. The van der Waals surface area contributed by atoms with Crippen molar-refractivity contribution in [3.8, 4) is 11.5 Å². The molecule has 0 bridgehead atoms. The highest BCUT2D eigenvalue weighted by molar-refractivity contribution is 6.30. The molecule has 1 aliphatic heterocycles. The molecule has 170 valence electrons. The summed E-state index contributed by atoms with van der Waals surface area (Å²) in [5.41, 5.74) is 4.72. The molecule has 4 rings (SSSR count). The summed E-state index contributed by atoms with van der Waals surface area (Å²) in [6.07, 6.45) is 1.62. The van der Waals surface area contributed by atoms with Gasteiger partial charge in [0.2, 0.25) is 0 Å². The highest BCUT2D eigenvalue weighted by Gasteiger charge is 2.18. The molecule has 33 heavy (non-hydrogen) atoms. The van der Waals surface area contributed by atoms with Gasteiger partial charge in [0.15, 0.2) is 0 Å². The molecule has 1 aliphatic rings. The Hall–Kier alpha value is -3.19. The zero-order valence-corrected chi connectivity index (χ0v) is 19.1. The molecule has 1 amide bonds. The summed E-state index contributed by atoms with van der Waals surface area (Å²) < 4.78 is 5.83. The summed E-state index contributed by atoms with van der Waals surface area (Å²) in [7, 11) is 0. The number of hydrogen-bond acceptors (Lipinski definition) is 5. The number of nitrogens with zero attached hydrogens (tertiary/aromatic N) is 3. The number of halogens is 1. The lowest BCUT2D eigenvalue weighted by Gasteiger charge is -2.34. The minimum Gasteiger partial charge on any atom is -0.457 e. The standard InChI is InChI=1S/C26H27ClN4O2/c27-23-11-9-21(10-12-23)19-30-13-15-31(16-14-30)20-26(32)29-28-18-22-5-4-8-25(17-22)33-24-6-2-1-3-7-24/h1-12,17-18H,13-16,19-20H2,(H,29,32). The van der Waals surface area contributed by atoms with E-state index in [4.69, 9.17) is 16.3 Å². The molecule has 0 aliphatic carbocycles. The molecule has 0 atom stereocenters. The van der Waals surface area contributed by atoms with Crippen molar-refractivity contribution in [3.05, 3.63) is 95.0 Å². The molecule has 0 spiro atoms. The summed E-state index contributed by atoms with van der Waals surface area (Å²) in [4.78, 5) is 16.8. The van der Waals surface area contributed by atoms with Crippen molar-refractivity contribution in [2.24, 2.45) is 5.10 Å². The zero-order chi connectivity index (χ0) is 22.9. The van der Waals surface area contributed by atoms with E-state index in [1.54, 1.807) is 6.21 Å². The van der Waals surface area contributed by atoms with E-state index in [0.29, 0.717) is 12.3 Å². The summed E-state index contributed by atoms with van der Waals surface area (Å²) in [6, 6.07) is 25.1. The molecule has 1 fully saturated rings. The van der Waals surface area contributed by atoms with Gasteiger partial charge in [-0.05, 0) is 47.5 Å². The van der Waals surface area contributed by atoms with Gasteiger partial charge in [-0.3, -0.25) is 14.6 Å². The van der Waals surface area contributed by atoms with Crippen LogP contribution in [0.5, 0.6) is 11.5 Å². The number of piperazine rings is 1. The van der Waals surface area contributed by atoms with Crippen LogP contribution < -0.4 is 10.2 Å². The molecule has 7 heteroatoms. The smallest absolute Gasteiger partial charge is 0.254 e. The van der Waals surface area contributed by atoms with Crippen LogP contribution in [0.2, 0.25) is 5.02 Å². The Morgan fingerprint density at radius 1 is 0.909 bits per heavy atom. The fraction of sp³-hybridized carbons (Fsp3) is 0.231. The third kappa shape index (κ3) is 7.43. The Kier molecular flexibility index (Phi) is 8.09. The molecule has 0 saturated carbocycles. The molecular formula is C26H27ClN4O2. The quantitative estimate of drug-likeness (QED) is 0.398. The normalized spacial score (nSPS) is 14.9. The maximum atomic E-state index is 12.3. The van der Waals surface area contributed by atoms with Crippen LogP contribution in [-0.2, 0) is 11.3 Å². The van der Waals surface area contributed by atoms with E-state index in [2.05, 4.69) is 32.5 Å². The van der Waals surface area contributed by atoms with E-state index in [9.17, 15) is 4.79 Å². The van der Waals surface area contributed by atoms with Crippen molar-refractivity contribution in [1.82, 2.24) is 15.2 Å². The number of hydrogen-bond donors (Lipinski definition) is 1. The van der Waals surface area contributed by atoms with Crippen LogP contribution in [0.25, 0.3) is 0 Å². The number of rotatable bonds is 8. The predicted molar refractivity (Wildman–Crippen MR) is 132 cm³/mol. The molecule has 6 nitrogen and oxygen atoms in total. The third-order valence-electron chi connectivity index (χ3n) is 5.39. The number of carbonyl (C=O) groups is 1. The molecule has 0 aromatic heterocycles. The van der Waals surface area contributed by atoms with Crippen LogP contribution in [0.4, 0.5) is 0 Å². The van der Waals surface area contributed by atoms with Crippen molar-refractivity contribution in [3.63, 3.8) is 0 Å². The van der Waals surface area contributed by atoms with Crippen molar-refractivity contribution >= 4 is 23.7 Å².